The van der Waals surface area contributed by atoms with Crippen LogP contribution in [-0.4, -0.2) is 16.0 Å². The fourth-order valence-corrected chi connectivity index (χ4v) is 2.42. The highest BCUT2D eigenvalue weighted by Gasteiger charge is 2.42. The van der Waals surface area contributed by atoms with E-state index < -0.39 is 12.0 Å². The molecule has 1 aromatic rings. The summed E-state index contributed by atoms with van der Waals surface area (Å²) in [7, 11) is 0. The molecule has 2 fully saturated rings. The highest BCUT2D eigenvalue weighted by molar-refractivity contribution is 5.48. The van der Waals surface area contributed by atoms with Gasteiger partial charge in [0.05, 0.1) is 0 Å². The Kier molecular flexibility index (Phi) is 3.19. The number of hydrogen-bond acceptors (Lipinski definition) is 5. The van der Waals surface area contributed by atoms with Gasteiger partial charge in [-0.05, 0) is 37.5 Å². The fourth-order valence-electron chi connectivity index (χ4n) is 2.42. The summed E-state index contributed by atoms with van der Waals surface area (Å²) in [6, 6.07) is 1.63. The molecule has 3 rings (SSSR count). The molecule has 110 valence electrons. The summed E-state index contributed by atoms with van der Waals surface area (Å²) >= 11 is 0. The maximum absolute atomic E-state index is 12.7. The van der Waals surface area contributed by atoms with Gasteiger partial charge in [0.15, 0.2) is 0 Å². The number of anilines is 2. The van der Waals surface area contributed by atoms with Gasteiger partial charge in [0.2, 0.25) is 5.82 Å². The minimum absolute atomic E-state index is 0.0415. The van der Waals surface area contributed by atoms with Crippen molar-refractivity contribution in [1.29, 1.82) is 0 Å². The van der Waals surface area contributed by atoms with Crippen LogP contribution in [0.5, 0.6) is 0 Å². The number of alkyl halides is 3. The lowest BCUT2D eigenvalue weighted by Gasteiger charge is -2.19. The Morgan fingerprint density at radius 2 is 1.65 bits per heavy atom. The molecule has 0 aromatic carbocycles. The Morgan fingerprint density at radius 3 is 2.10 bits per heavy atom. The predicted octanol–water partition coefficient (Wildman–Crippen LogP) is 2.38. The van der Waals surface area contributed by atoms with Crippen LogP contribution < -0.4 is 16.6 Å². The van der Waals surface area contributed by atoms with Gasteiger partial charge in [-0.15, -0.1) is 0 Å². The molecule has 4 N–H and O–H groups in total. The van der Waals surface area contributed by atoms with E-state index in [9.17, 15) is 13.2 Å². The summed E-state index contributed by atoms with van der Waals surface area (Å²) in [6.07, 6.45) is -0.0561. The van der Waals surface area contributed by atoms with E-state index in [4.69, 9.17) is 5.84 Å². The van der Waals surface area contributed by atoms with Crippen LogP contribution in [0.3, 0.4) is 0 Å². The summed E-state index contributed by atoms with van der Waals surface area (Å²) in [5.74, 6) is 5.25. The van der Waals surface area contributed by atoms with E-state index in [1.54, 1.807) is 0 Å². The first-order valence-electron chi connectivity index (χ1n) is 6.67. The molecule has 8 heteroatoms. The summed E-state index contributed by atoms with van der Waals surface area (Å²) in [6.45, 7) is 0. The van der Waals surface area contributed by atoms with E-state index >= 15 is 0 Å². The van der Waals surface area contributed by atoms with E-state index in [-0.39, 0.29) is 17.7 Å². The quantitative estimate of drug-likeness (QED) is 0.572. The van der Waals surface area contributed by atoms with Gasteiger partial charge in [-0.2, -0.15) is 13.2 Å². The van der Waals surface area contributed by atoms with Gasteiger partial charge in [0.1, 0.15) is 11.6 Å². The van der Waals surface area contributed by atoms with Crippen LogP contribution in [0.15, 0.2) is 6.07 Å². The van der Waals surface area contributed by atoms with Gasteiger partial charge in [-0.3, -0.25) is 0 Å². The van der Waals surface area contributed by atoms with Crippen molar-refractivity contribution in [2.45, 2.75) is 37.9 Å². The number of rotatable bonds is 5. The Hall–Kier alpha value is -1.57. The molecule has 1 heterocycles. The maximum Gasteiger partial charge on any atom is 0.451 e. The molecule has 0 saturated heterocycles. The third-order valence-electron chi connectivity index (χ3n) is 3.70. The Bertz CT molecular complexity index is 484. The van der Waals surface area contributed by atoms with Crippen LogP contribution in [0.25, 0.3) is 0 Å². The van der Waals surface area contributed by atoms with E-state index in [1.807, 2.05) is 0 Å². The topological polar surface area (TPSA) is 75.9 Å². The summed E-state index contributed by atoms with van der Waals surface area (Å²) in [5, 5.41) is 3.14. The number of hydrogen-bond donors (Lipinski definition) is 3. The first-order chi connectivity index (χ1) is 9.47. The zero-order valence-electron chi connectivity index (χ0n) is 10.7. The summed E-state index contributed by atoms with van der Waals surface area (Å²) in [4.78, 5) is 6.91. The van der Waals surface area contributed by atoms with Crippen molar-refractivity contribution < 1.29 is 13.2 Å². The molecule has 2 aliphatic carbocycles. The van der Waals surface area contributed by atoms with Crippen LogP contribution in [0.2, 0.25) is 0 Å². The normalized spacial score (nSPS) is 19.2. The summed E-state index contributed by atoms with van der Waals surface area (Å²) in [5.41, 5.74) is 2.15. The highest BCUT2D eigenvalue weighted by atomic mass is 19.4. The molecule has 0 bridgehead atoms. The third kappa shape index (κ3) is 2.95. The molecule has 0 spiro atoms. The van der Waals surface area contributed by atoms with Crippen molar-refractivity contribution in [2.24, 2.45) is 17.7 Å². The maximum atomic E-state index is 12.7. The molecule has 2 aliphatic rings. The first kappa shape index (κ1) is 13.4. The van der Waals surface area contributed by atoms with Crippen molar-refractivity contribution in [1.82, 2.24) is 9.97 Å². The molecule has 0 aliphatic heterocycles. The van der Waals surface area contributed by atoms with E-state index in [1.165, 1.54) is 6.07 Å². The number of nitrogens with zero attached hydrogens (tertiary/aromatic N) is 2. The Balaban J connectivity index is 1.83. The van der Waals surface area contributed by atoms with E-state index in [2.05, 4.69) is 20.7 Å². The molecule has 0 atom stereocenters. The van der Waals surface area contributed by atoms with Crippen molar-refractivity contribution in [3.63, 3.8) is 0 Å². The minimum Gasteiger partial charge on any atom is -0.367 e. The second-order valence-electron chi connectivity index (χ2n) is 5.45. The average Bonchev–Trinajstić information content (AvgIpc) is 3.27. The van der Waals surface area contributed by atoms with Gasteiger partial charge in [0.25, 0.3) is 0 Å². The SMILES string of the molecule is NNc1cc(NC(C2CC2)C2CC2)nc(C(F)(F)F)n1. The lowest BCUT2D eigenvalue weighted by atomic mass is 10.1. The molecule has 0 unspecified atom stereocenters. The molecule has 0 radical (unpaired) electrons. The second kappa shape index (κ2) is 4.76. The van der Waals surface area contributed by atoms with Crippen LogP contribution >= 0.6 is 0 Å². The molecule has 5 nitrogen and oxygen atoms in total. The van der Waals surface area contributed by atoms with E-state index in [0.29, 0.717) is 11.8 Å². The van der Waals surface area contributed by atoms with Gasteiger partial charge < -0.3 is 10.7 Å². The zero-order chi connectivity index (χ0) is 14.3. The second-order valence-corrected chi connectivity index (χ2v) is 5.45. The predicted molar refractivity (Wildman–Crippen MR) is 67.7 cm³/mol. The fraction of sp³-hybridized carbons (Fsp3) is 0.667. The van der Waals surface area contributed by atoms with Crippen LogP contribution in [-0.2, 0) is 6.18 Å². The number of nitrogens with one attached hydrogen (secondary N) is 2. The van der Waals surface area contributed by atoms with Crippen LogP contribution in [0, 0.1) is 11.8 Å². The van der Waals surface area contributed by atoms with Crippen molar-refractivity contribution >= 4 is 11.6 Å². The molecule has 0 amide bonds. The van der Waals surface area contributed by atoms with E-state index in [0.717, 1.165) is 25.7 Å². The van der Waals surface area contributed by atoms with Gasteiger partial charge in [-0.1, -0.05) is 0 Å². The molecule has 20 heavy (non-hydrogen) atoms. The number of halogens is 3. The Morgan fingerprint density at radius 1 is 1.10 bits per heavy atom. The first-order valence-corrected chi connectivity index (χ1v) is 6.67. The third-order valence-corrected chi connectivity index (χ3v) is 3.70. The van der Waals surface area contributed by atoms with Gasteiger partial charge >= 0.3 is 6.18 Å². The molecular formula is C12H16F3N5. The zero-order valence-corrected chi connectivity index (χ0v) is 10.7. The van der Waals surface area contributed by atoms with Gasteiger partial charge in [0, 0.05) is 12.1 Å². The molecule has 2 saturated carbocycles. The Labute approximate surface area is 114 Å². The smallest absolute Gasteiger partial charge is 0.367 e. The van der Waals surface area contributed by atoms with Crippen molar-refractivity contribution in [3.8, 4) is 0 Å². The largest absolute Gasteiger partial charge is 0.451 e. The number of nitrogen functional groups attached to an aromatic ring is 1. The lowest BCUT2D eigenvalue weighted by molar-refractivity contribution is -0.144. The minimum atomic E-state index is -4.59. The van der Waals surface area contributed by atoms with Gasteiger partial charge in [-0.25, -0.2) is 15.8 Å². The lowest BCUT2D eigenvalue weighted by Crippen LogP contribution is -2.26. The molecular weight excluding hydrogens is 271 g/mol. The number of hydrazine groups is 1. The van der Waals surface area contributed by atoms with Crippen molar-refractivity contribution in [2.75, 3.05) is 10.7 Å². The van der Waals surface area contributed by atoms with Crippen LogP contribution in [0.1, 0.15) is 31.5 Å². The van der Waals surface area contributed by atoms with Crippen molar-refractivity contribution in [3.05, 3.63) is 11.9 Å². The monoisotopic (exact) mass is 287 g/mol. The highest BCUT2D eigenvalue weighted by Crippen LogP contribution is 2.45. The molecule has 1 aromatic heterocycles. The number of nitrogens with two attached hydrogens (primary N) is 1. The van der Waals surface area contributed by atoms with Crippen LogP contribution in [0.4, 0.5) is 24.8 Å². The standard InChI is InChI=1S/C12H16F3N5/c13-12(14,15)11-18-8(5-9(19-11)20-16)17-10(6-1-2-6)7-3-4-7/h5-7,10H,1-4,16H2,(H2,17,18,19,20). The summed E-state index contributed by atoms with van der Waals surface area (Å²) < 4.78 is 38.2. The number of aromatic nitrogens is 2. The average molecular weight is 287 g/mol.